The molecule has 2 saturated heterocycles. The van der Waals surface area contributed by atoms with Crippen molar-refractivity contribution in [2.45, 2.75) is 24.4 Å². The fraction of sp³-hybridized carbons (Fsp3) is 0.667. The number of likely N-dealkylation sites (N-methyl/N-ethyl adjacent to an activating group) is 1. The van der Waals surface area contributed by atoms with Gasteiger partial charge in [0.15, 0.2) is 0 Å². The van der Waals surface area contributed by atoms with E-state index in [9.17, 15) is 13.2 Å². The molecule has 0 aromatic carbocycles. The number of anilines is 1. The maximum Gasteiger partial charge on any atom is 0.417 e. The standard InChI is InChI=1S/C15H19ClF3N3O2/c1-21(2)10-7-23-12-5-22(6-13(12)24-8-10)14-11(16)3-9(4-20-14)15(17,18)19/h3-4,10,12-13H,5-8H2,1-2H3/t12-,13-/m0/s1. The van der Waals surface area contributed by atoms with E-state index in [4.69, 9.17) is 21.1 Å². The summed E-state index contributed by atoms with van der Waals surface area (Å²) < 4.78 is 49.9. The van der Waals surface area contributed by atoms with Gasteiger partial charge in [-0.05, 0) is 20.2 Å². The highest BCUT2D eigenvalue weighted by atomic mass is 35.5. The second kappa shape index (κ2) is 6.67. The summed E-state index contributed by atoms with van der Waals surface area (Å²) in [5.41, 5.74) is -0.856. The average molecular weight is 366 g/mol. The van der Waals surface area contributed by atoms with E-state index in [0.717, 1.165) is 12.3 Å². The number of rotatable bonds is 2. The van der Waals surface area contributed by atoms with Crippen molar-refractivity contribution in [3.63, 3.8) is 0 Å². The van der Waals surface area contributed by atoms with Crippen molar-refractivity contribution in [3.05, 3.63) is 22.8 Å². The molecule has 3 heterocycles. The van der Waals surface area contributed by atoms with Gasteiger partial charge in [0.05, 0.1) is 29.8 Å². The zero-order valence-electron chi connectivity index (χ0n) is 13.4. The molecule has 9 heteroatoms. The Kier molecular flexibility index (Phi) is 4.92. The van der Waals surface area contributed by atoms with Crippen LogP contribution in [-0.4, -0.2) is 68.5 Å². The largest absolute Gasteiger partial charge is 0.417 e. The van der Waals surface area contributed by atoms with Crippen LogP contribution >= 0.6 is 11.6 Å². The van der Waals surface area contributed by atoms with Crippen molar-refractivity contribution in [2.75, 3.05) is 45.3 Å². The number of alkyl halides is 3. The number of hydrogen-bond acceptors (Lipinski definition) is 5. The monoisotopic (exact) mass is 365 g/mol. The molecule has 1 aromatic heterocycles. The molecular weight excluding hydrogens is 347 g/mol. The molecule has 24 heavy (non-hydrogen) atoms. The topological polar surface area (TPSA) is 37.8 Å². The number of aromatic nitrogens is 1. The van der Waals surface area contributed by atoms with Gasteiger partial charge in [-0.2, -0.15) is 13.2 Å². The minimum absolute atomic E-state index is 0.0209. The normalized spacial score (nSPS) is 25.9. The predicted molar refractivity (Wildman–Crippen MR) is 83.4 cm³/mol. The second-order valence-electron chi connectivity index (χ2n) is 6.29. The molecular formula is C15H19ClF3N3O2. The van der Waals surface area contributed by atoms with Gasteiger partial charge in [-0.3, -0.25) is 0 Å². The van der Waals surface area contributed by atoms with Gasteiger partial charge in [0.2, 0.25) is 0 Å². The van der Waals surface area contributed by atoms with Crippen LogP contribution in [0, 0.1) is 0 Å². The molecule has 2 atom stereocenters. The first-order chi connectivity index (χ1) is 11.3. The molecule has 3 rings (SSSR count). The Hall–Kier alpha value is -1.09. The molecule has 2 aliphatic heterocycles. The van der Waals surface area contributed by atoms with Crippen LogP contribution in [0.3, 0.4) is 0 Å². The van der Waals surface area contributed by atoms with E-state index in [-0.39, 0.29) is 23.3 Å². The summed E-state index contributed by atoms with van der Waals surface area (Å²) in [5, 5.41) is -0.0209. The minimum atomic E-state index is -4.46. The van der Waals surface area contributed by atoms with Crippen molar-refractivity contribution in [3.8, 4) is 0 Å². The molecule has 5 nitrogen and oxygen atoms in total. The van der Waals surface area contributed by atoms with Crippen molar-refractivity contribution >= 4 is 17.4 Å². The molecule has 0 saturated carbocycles. The van der Waals surface area contributed by atoms with Crippen molar-refractivity contribution < 1.29 is 22.6 Å². The molecule has 0 aliphatic carbocycles. The van der Waals surface area contributed by atoms with Crippen molar-refractivity contribution in [1.29, 1.82) is 0 Å². The second-order valence-corrected chi connectivity index (χ2v) is 6.70. The van der Waals surface area contributed by atoms with E-state index in [0.29, 0.717) is 32.1 Å². The van der Waals surface area contributed by atoms with E-state index in [2.05, 4.69) is 4.98 Å². The number of pyridine rings is 1. The quantitative estimate of drug-likeness (QED) is 0.804. The highest BCUT2D eigenvalue weighted by molar-refractivity contribution is 6.33. The molecule has 1 aromatic rings. The lowest BCUT2D eigenvalue weighted by molar-refractivity contribution is -0.137. The van der Waals surface area contributed by atoms with Gasteiger partial charge in [-0.15, -0.1) is 0 Å². The van der Waals surface area contributed by atoms with Crippen LogP contribution in [0.15, 0.2) is 12.3 Å². The van der Waals surface area contributed by atoms with E-state index < -0.39 is 11.7 Å². The minimum Gasteiger partial charge on any atom is -0.372 e. The maximum absolute atomic E-state index is 12.7. The van der Waals surface area contributed by atoms with E-state index in [1.54, 1.807) is 0 Å². The van der Waals surface area contributed by atoms with Crippen molar-refractivity contribution in [1.82, 2.24) is 9.88 Å². The Morgan fingerprint density at radius 1 is 1.21 bits per heavy atom. The molecule has 2 aliphatic rings. The SMILES string of the molecule is CN(C)C1CO[C@H]2CN(c3ncc(C(F)(F)F)cc3Cl)C[C@@H]2OC1. The number of nitrogens with zero attached hydrogens (tertiary/aromatic N) is 3. The van der Waals surface area contributed by atoms with Crippen LogP contribution in [0.4, 0.5) is 19.0 Å². The van der Waals surface area contributed by atoms with Crippen LogP contribution in [0.25, 0.3) is 0 Å². The number of fused-ring (bicyclic) bond motifs is 1. The fourth-order valence-electron chi connectivity index (χ4n) is 2.87. The first-order valence-electron chi connectivity index (χ1n) is 7.63. The molecule has 0 N–H and O–H groups in total. The van der Waals surface area contributed by atoms with Crippen LogP contribution < -0.4 is 4.90 Å². The van der Waals surface area contributed by atoms with Crippen LogP contribution in [-0.2, 0) is 15.7 Å². The molecule has 0 unspecified atom stereocenters. The Morgan fingerprint density at radius 3 is 2.25 bits per heavy atom. The highest BCUT2D eigenvalue weighted by Gasteiger charge is 2.39. The van der Waals surface area contributed by atoms with Gasteiger partial charge < -0.3 is 19.3 Å². The van der Waals surface area contributed by atoms with Gasteiger partial charge >= 0.3 is 6.18 Å². The summed E-state index contributed by atoms with van der Waals surface area (Å²) in [5.74, 6) is 0.328. The van der Waals surface area contributed by atoms with Crippen LogP contribution in [0.5, 0.6) is 0 Å². The van der Waals surface area contributed by atoms with Gasteiger partial charge in [0.25, 0.3) is 0 Å². The average Bonchev–Trinajstić information content (AvgIpc) is 2.78. The third-order valence-corrected chi connectivity index (χ3v) is 4.68. The van der Waals surface area contributed by atoms with Gasteiger partial charge in [0, 0.05) is 19.3 Å². The zero-order valence-corrected chi connectivity index (χ0v) is 14.1. The fourth-order valence-corrected chi connectivity index (χ4v) is 3.16. The number of hydrogen-bond donors (Lipinski definition) is 0. The molecule has 134 valence electrons. The van der Waals surface area contributed by atoms with Crippen LogP contribution in [0.2, 0.25) is 5.02 Å². The molecule has 0 spiro atoms. The third kappa shape index (κ3) is 3.61. The molecule has 0 amide bonds. The summed E-state index contributed by atoms with van der Waals surface area (Å²) in [6, 6.07) is 1.10. The highest BCUT2D eigenvalue weighted by Crippen LogP contribution is 2.35. The van der Waals surface area contributed by atoms with E-state index >= 15 is 0 Å². The van der Waals surface area contributed by atoms with Crippen molar-refractivity contribution in [2.24, 2.45) is 0 Å². The maximum atomic E-state index is 12.7. The summed E-state index contributed by atoms with van der Waals surface area (Å²) >= 11 is 6.02. The lowest BCUT2D eigenvalue weighted by Gasteiger charge is -2.23. The predicted octanol–water partition coefficient (Wildman–Crippen LogP) is 2.29. The number of halogens is 4. The van der Waals surface area contributed by atoms with Gasteiger partial charge in [0.1, 0.15) is 18.0 Å². The molecule has 2 fully saturated rings. The third-order valence-electron chi connectivity index (χ3n) is 4.40. The Balaban J connectivity index is 1.71. The lowest BCUT2D eigenvalue weighted by atomic mass is 10.2. The van der Waals surface area contributed by atoms with Crippen LogP contribution in [0.1, 0.15) is 5.56 Å². The van der Waals surface area contributed by atoms with E-state index in [1.165, 1.54) is 0 Å². The summed E-state index contributed by atoms with van der Waals surface area (Å²) in [7, 11) is 3.94. The first kappa shape index (κ1) is 17.7. The first-order valence-corrected chi connectivity index (χ1v) is 8.01. The molecule has 0 bridgehead atoms. The lowest BCUT2D eigenvalue weighted by Crippen LogP contribution is -2.36. The summed E-state index contributed by atoms with van der Waals surface area (Å²) in [6.07, 6.45) is -3.94. The Labute approximate surface area is 143 Å². The summed E-state index contributed by atoms with van der Waals surface area (Å²) in [6.45, 7) is 2.08. The summed E-state index contributed by atoms with van der Waals surface area (Å²) in [4.78, 5) is 7.77. The molecule has 0 radical (unpaired) electrons. The van der Waals surface area contributed by atoms with Gasteiger partial charge in [-0.1, -0.05) is 11.6 Å². The Bertz CT molecular complexity index is 584. The Morgan fingerprint density at radius 2 is 1.79 bits per heavy atom. The zero-order chi connectivity index (χ0) is 17.5. The van der Waals surface area contributed by atoms with Gasteiger partial charge in [-0.25, -0.2) is 4.98 Å². The smallest absolute Gasteiger partial charge is 0.372 e. The van der Waals surface area contributed by atoms with E-state index in [1.807, 2.05) is 23.9 Å². The number of ether oxygens (including phenoxy) is 2.